The Kier molecular flexibility index (Phi) is 12.7. The van der Waals surface area contributed by atoms with E-state index in [0.717, 1.165) is 28.1 Å². The number of hydrogen-bond donors (Lipinski definition) is 5. The molecule has 1 aromatic heterocycles. The number of amides is 3. The van der Waals surface area contributed by atoms with Crippen molar-refractivity contribution in [3.63, 3.8) is 0 Å². The second-order valence-electron chi connectivity index (χ2n) is 10.4. The van der Waals surface area contributed by atoms with E-state index in [-0.39, 0.29) is 37.9 Å². The average Bonchev–Trinajstić information content (AvgIpc) is 3.25. The molecule has 2 aromatic carbocycles. The highest BCUT2D eigenvalue weighted by molar-refractivity contribution is 5.92. The number of hydrogen-bond acceptors (Lipinski definition) is 7. The van der Waals surface area contributed by atoms with Crippen molar-refractivity contribution >= 4 is 17.7 Å². The average molecular weight is 577 g/mol. The molecule has 226 valence electrons. The lowest BCUT2D eigenvalue weighted by molar-refractivity contribution is -0.135. The van der Waals surface area contributed by atoms with Crippen molar-refractivity contribution in [2.45, 2.75) is 58.3 Å². The van der Waals surface area contributed by atoms with E-state index in [2.05, 4.69) is 15.7 Å². The molecule has 0 saturated heterocycles. The van der Waals surface area contributed by atoms with Crippen LogP contribution < -0.4 is 27.8 Å². The lowest BCUT2D eigenvalue weighted by atomic mass is 10.0. The van der Waals surface area contributed by atoms with Crippen molar-refractivity contribution < 1.29 is 14.4 Å². The van der Waals surface area contributed by atoms with E-state index in [1.165, 1.54) is 4.90 Å². The summed E-state index contributed by atoms with van der Waals surface area (Å²) in [6.45, 7) is 5.99. The Morgan fingerprint density at radius 3 is 2.10 bits per heavy atom. The fraction of sp³-hybridized carbons (Fsp3) is 0.419. The molecule has 0 fully saturated rings. The van der Waals surface area contributed by atoms with Gasteiger partial charge in [-0.25, -0.2) is 0 Å². The van der Waals surface area contributed by atoms with Gasteiger partial charge in [-0.3, -0.25) is 19.1 Å². The van der Waals surface area contributed by atoms with Crippen LogP contribution in [0, 0.1) is 13.8 Å². The molecule has 0 bridgehead atoms. The molecule has 3 aromatic rings. The molecule has 2 unspecified atom stereocenters. The number of nitrogens with two attached hydrogens (primary N) is 3. The molecule has 8 N–H and O–H groups in total. The second-order valence-corrected chi connectivity index (χ2v) is 10.4. The SMILES string of the molecule is Cc1nn(Cc2ccccc2)c(C)c1CNC(=O)C(CCc1ccccc1)NC(=O)C(N)CC(=O)N(CCN)CCN. The zero-order chi connectivity index (χ0) is 30.5. The molecule has 11 nitrogen and oxygen atoms in total. The molecule has 42 heavy (non-hydrogen) atoms. The van der Waals surface area contributed by atoms with Crippen molar-refractivity contribution in [2.75, 3.05) is 26.2 Å². The van der Waals surface area contributed by atoms with Crippen LogP contribution in [0.25, 0.3) is 0 Å². The molecule has 0 saturated carbocycles. The summed E-state index contributed by atoms with van der Waals surface area (Å²) in [5.74, 6) is -1.21. The van der Waals surface area contributed by atoms with Crippen molar-refractivity contribution in [1.29, 1.82) is 0 Å². The summed E-state index contributed by atoms with van der Waals surface area (Å²) < 4.78 is 1.93. The van der Waals surface area contributed by atoms with Crippen LogP contribution in [0.4, 0.5) is 0 Å². The van der Waals surface area contributed by atoms with E-state index in [9.17, 15) is 14.4 Å². The highest BCUT2D eigenvalue weighted by Crippen LogP contribution is 2.15. The predicted molar refractivity (Wildman–Crippen MR) is 163 cm³/mol. The molecule has 0 spiro atoms. The predicted octanol–water partition coefficient (Wildman–Crippen LogP) is 0.745. The fourth-order valence-electron chi connectivity index (χ4n) is 4.78. The number of benzene rings is 2. The van der Waals surface area contributed by atoms with Gasteiger partial charge in [0.2, 0.25) is 17.7 Å². The summed E-state index contributed by atoms with van der Waals surface area (Å²) in [6, 6.07) is 17.8. The highest BCUT2D eigenvalue weighted by atomic mass is 16.2. The first kappa shape index (κ1) is 32.5. The Morgan fingerprint density at radius 1 is 0.905 bits per heavy atom. The van der Waals surface area contributed by atoms with Gasteiger partial charge in [0.1, 0.15) is 6.04 Å². The standard InChI is InChI=1S/C31H44N8O3/c1-22-26(23(2)39(37-22)21-25-11-7-4-8-12-25)20-35-31(42)28(14-13-24-9-5-3-6-10-24)36-30(41)27(34)19-29(40)38(17-15-32)18-16-33/h3-12,27-28H,13-21,32-34H2,1-2H3,(H,35,42)(H,36,41). The smallest absolute Gasteiger partial charge is 0.242 e. The lowest BCUT2D eigenvalue weighted by Gasteiger charge is -2.24. The maximum atomic E-state index is 13.4. The molecule has 2 atom stereocenters. The summed E-state index contributed by atoms with van der Waals surface area (Å²) >= 11 is 0. The van der Waals surface area contributed by atoms with Gasteiger partial charge >= 0.3 is 0 Å². The van der Waals surface area contributed by atoms with Crippen LogP contribution in [0.2, 0.25) is 0 Å². The van der Waals surface area contributed by atoms with Gasteiger partial charge in [0, 0.05) is 44.0 Å². The van der Waals surface area contributed by atoms with Crippen molar-refractivity contribution in [3.8, 4) is 0 Å². The zero-order valence-electron chi connectivity index (χ0n) is 24.6. The first-order valence-electron chi connectivity index (χ1n) is 14.4. The number of carbonyl (C=O) groups is 3. The normalized spacial score (nSPS) is 12.4. The Bertz CT molecular complexity index is 1290. The molecule has 1 heterocycles. The minimum Gasteiger partial charge on any atom is -0.350 e. The summed E-state index contributed by atoms with van der Waals surface area (Å²) in [7, 11) is 0. The maximum Gasteiger partial charge on any atom is 0.242 e. The summed E-state index contributed by atoms with van der Waals surface area (Å²) in [5, 5.41) is 10.4. The Morgan fingerprint density at radius 2 is 1.50 bits per heavy atom. The maximum absolute atomic E-state index is 13.4. The van der Waals surface area contributed by atoms with Crippen LogP contribution in [0.1, 0.15) is 40.9 Å². The molecule has 0 aliphatic rings. The molecular formula is C31H44N8O3. The van der Waals surface area contributed by atoms with Crippen LogP contribution in [0.15, 0.2) is 60.7 Å². The fourth-order valence-corrected chi connectivity index (χ4v) is 4.78. The zero-order valence-corrected chi connectivity index (χ0v) is 24.6. The summed E-state index contributed by atoms with van der Waals surface area (Å²) in [4.78, 5) is 40.6. The van der Waals surface area contributed by atoms with Gasteiger partial charge < -0.3 is 32.7 Å². The number of nitrogens with one attached hydrogen (secondary N) is 2. The summed E-state index contributed by atoms with van der Waals surface area (Å²) in [6.07, 6.45) is 0.721. The monoisotopic (exact) mass is 576 g/mol. The van der Waals surface area contributed by atoms with E-state index < -0.39 is 18.0 Å². The van der Waals surface area contributed by atoms with E-state index in [1.807, 2.05) is 79.2 Å². The van der Waals surface area contributed by atoms with Crippen LogP contribution in [-0.2, 0) is 33.9 Å². The van der Waals surface area contributed by atoms with Gasteiger partial charge in [0.05, 0.1) is 24.7 Å². The Labute approximate surface area is 247 Å². The highest BCUT2D eigenvalue weighted by Gasteiger charge is 2.27. The third kappa shape index (κ3) is 9.51. The second kappa shape index (κ2) is 16.4. The van der Waals surface area contributed by atoms with Crippen molar-refractivity contribution in [1.82, 2.24) is 25.3 Å². The minimum absolute atomic E-state index is 0.210. The van der Waals surface area contributed by atoms with Crippen molar-refractivity contribution in [2.24, 2.45) is 17.2 Å². The van der Waals surface area contributed by atoms with Gasteiger partial charge in [-0.1, -0.05) is 60.7 Å². The van der Waals surface area contributed by atoms with Gasteiger partial charge in [-0.15, -0.1) is 0 Å². The molecule has 0 aliphatic carbocycles. The van der Waals surface area contributed by atoms with E-state index in [0.29, 0.717) is 32.5 Å². The molecule has 11 heteroatoms. The first-order chi connectivity index (χ1) is 20.2. The lowest BCUT2D eigenvalue weighted by Crippen LogP contribution is -2.53. The topological polar surface area (TPSA) is 174 Å². The number of aromatic nitrogens is 2. The van der Waals surface area contributed by atoms with Gasteiger partial charge in [-0.05, 0) is 37.8 Å². The number of nitrogens with zero attached hydrogens (tertiary/aromatic N) is 3. The molecule has 3 amide bonds. The minimum atomic E-state index is -1.12. The Hall–Kier alpha value is -4.06. The molecule has 0 radical (unpaired) electrons. The van der Waals surface area contributed by atoms with Gasteiger partial charge in [-0.2, -0.15) is 5.10 Å². The molecule has 3 rings (SSSR count). The van der Waals surface area contributed by atoms with Crippen LogP contribution in [-0.4, -0.2) is 70.7 Å². The van der Waals surface area contributed by atoms with Gasteiger partial charge in [0.15, 0.2) is 0 Å². The molecule has 0 aliphatic heterocycles. The van der Waals surface area contributed by atoms with Crippen LogP contribution in [0.3, 0.4) is 0 Å². The largest absolute Gasteiger partial charge is 0.350 e. The Balaban J connectivity index is 1.67. The number of aryl methyl sites for hydroxylation is 2. The quantitative estimate of drug-likeness (QED) is 0.167. The number of rotatable bonds is 16. The van der Waals surface area contributed by atoms with E-state index in [1.54, 1.807) is 0 Å². The number of carbonyl (C=O) groups excluding carboxylic acids is 3. The van der Waals surface area contributed by atoms with Crippen LogP contribution in [0.5, 0.6) is 0 Å². The van der Waals surface area contributed by atoms with Crippen LogP contribution >= 0.6 is 0 Å². The molecular weight excluding hydrogens is 532 g/mol. The van der Waals surface area contributed by atoms with E-state index >= 15 is 0 Å². The first-order valence-corrected chi connectivity index (χ1v) is 14.4. The third-order valence-corrected chi connectivity index (χ3v) is 7.23. The van der Waals surface area contributed by atoms with E-state index in [4.69, 9.17) is 17.2 Å². The van der Waals surface area contributed by atoms with Gasteiger partial charge in [0.25, 0.3) is 0 Å². The van der Waals surface area contributed by atoms with Crippen molar-refractivity contribution in [3.05, 3.63) is 88.7 Å². The summed E-state index contributed by atoms with van der Waals surface area (Å²) in [5.41, 5.74) is 22.2. The third-order valence-electron chi connectivity index (χ3n) is 7.23.